The zero-order valence-corrected chi connectivity index (χ0v) is 15.8. The van der Waals surface area contributed by atoms with Gasteiger partial charge < -0.3 is 9.64 Å². The SMILES string of the molecule is O=C(COc1ccccc1Cc1ccccc1)N1CCCC1c1ccncc1. The third-order valence-electron chi connectivity index (χ3n) is 5.23. The lowest BCUT2D eigenvalue weighted by atomic mass is 10.0. The van der Waals surface area contributed by atoms with Crippen LogP contribution in [0.25, 0.3) is 0 Å². The van der Waals surface area contributed by atoms with Crippen molar-refractivity contribution in [1.82, 2.24) is 9.88 Å². The van der Waals surface area contributed by atoms with E-state index in [2.05, 4.69) is 23.2 Å². The van der Waals surface area contributed by atoms with Gasteiger partial charge in [0.15, 0.2) is 6.61 Å². The summed E-state index contributed by atoms with van der Waals surface area (Å²) in [6, 6.07) is 22.4. The van der Waals surface area contributed by atoms with Crippen molar-refractivity contribution in [3.8, 4) is 5.75 Å². The number of rotatable bonds is 6. The maximum Gasteiger partial charge on any atom is 0.261 e. The Hall–Kier alpha value is -3.14. The molecule has 4 heteroatoms. The molecule has 1 saturated heterocycles. The summed E-state index contributed by atoms with van der Waals surface area (Å²) in [4.78, 5) is 18.9. The molecule has 1 aliphatic heterocycles. The molecule has 0 N–H and O–H groups in total. The molecule has 0 aliphatic carbocycles. The molecule has 28 heavy (non-hydrogen) atoms. The minimum atomic E-state index is 0.0360. The van der Waals surface area contributed by atoms with Crippen LogP contribution in [0.5, 0.6) is 5.75 Å². The molecule has 0 spiro atoms. The number of hydrogen-bond donors (Lipinski definition) is 0. The van der Waals surface area contributed by atoms with E-state index in [1.165, 1.54) is 5.56 Å². The molecule has 1 aliphatic rings. The fourth-order valence-corrected chi connectivity index (χ4v) is 3.83. The first-order chi connectivity index (χ1) is 13.8. The highest BCUT2D eigenvalue weighted by atomic mass is 16.5. The Balaban J connectivity index is 1.42. The molecule has 4 rings (SSSR count). The molecule has 1 fully saturated rings. The lowest BCUT2D eigenvalue weighted by Crippen LogP contribution is -2.34. The van der Waals surface area contributed by atoms with E-state index < -0.39 is 0 Å². The number of amides is 1. The second-order valence-corrected chi connectivity index (χ2v) is 7.08. The first kappa shape index (κ1) is 18.2. The van der Waals surface area contributed by atoms with Gasteiger partial charge in [0.25, 0.3) is 5.91 Å². The minimum Gasteiger partial charge on any atom is -0.483 e. The Labute approximate surface area is 165 Å². The third kappa shape index (κ3) is 4.22. The van der Waals surface area contributed by atoms with E-state index in [0.29, 0.717) is 0 Å². The number of carbonyl (C=O) groups excluding carboxylic acids is 1. The topological polar surface area (TPSA) is 42.4 Å². The molecule has 0 bridgehead atoms. The van der Waals surface area contributed by atoms with Crippen molar-refractivity contribution in [1.29, 1.82) is 0 Å². The molecule has 3 aromatic rings. The van der Waals surface area contributed by atoms with Gasteiger partial charge in [-0.3, -0.25) is 9.78 Å². The number of carbonyl (C=O) groups is 1. The first-order valence-corrected chi connectivity index (χ1v) is 9.75. The van der Waals surface area contributed by atoms with Crippen molar-refractivity contribution in [3.63, 3.8) is 0 Å². The van der Waals surface area contributed by atoms with E-state index in [1.807, 2.05) is 53.4 Å². The highest BCUT2D eigenvalue weighted by Gasteiger charge is 2.30. The van der Waals surface area contributed by atoms with Gasteiger partial charge >= 0.3 is 0 Å². The predicted molar refractivity (Wildman–Crippen MR) is 109 cm³/mol. The highest BCUT2D eigenvalue weighted by molar-refractivity contribution is 5.78. The van der Waals surface area contributed by atoms with Gasteiger partial charge in [0.1, 0.15) is 5.75 Å². The van der Waals surface area contributed by atoms with Gasteiger partial charge in [-0.25, -0.2) is 0 Å². The largest absolute Gasteiger partial charge is 0.483 e. The Bertz CT molecular complexity index is 912. The number of hydrogen-bond acceptors (Lipinski definition) is 3. The average Bonchev–Trinajstić information content (AvgIpc) is 3.24. The molecular weight excluding hydrogens is 348 g/mol. The molecular formula is C24H24N2O2. The zero-order chi connectivity index (χ0) is 19.2. The summed E-state index contributed by atoms with van der Waals surface area (Å²) >= 11 is 0. The van der Waals surface area contributed by atoms with E-state index in [4.69, 9.17) is 4.74 Å². The Morgan fingerprint density at radius 2 is 1.75 bits per heavy atom. The smallest absolute Gasteiger partial charge is 0.261 e. The van der Waals surface area contributed by atoms with Crippen LogP contribution in [0.4, 0.5) is 0 Å². The predicted octanol–water partition coefficient (Wildman–Crippen LogP) is 4.41. The van der Waals surface area contributed by atoms with E-state index >= 15 is 0 Å². The molecule has 1 aromatic heterocycles. The minimum absolute atomic E-state index is 0.0360. The van der Waals surface area contributed by atoms with Crippen molar-refractivity contribution in [3.05, 3.63) is 95.8 Å². The van der Waals surface area contributed by atoms with Crippen LogP contribution in [0.3, 0.4) is 0 Å². The van der Waals surface area contributed by atoms with Crippen LogP contribution in [0, 0.1) is 0 Å². The van der Waals surface area contributed by atoms with Crippen LogP contribution < -0.4 is 4.74 Å². The number of likely N-dealkylation sites (tertiary alicyclic amines) is 1. The number of nitrogens with zero attached hydrogens (tertiary/aromatic N) is 2. The molecule has 0 radical (unpaired) electrons. The van der Waals surface area contributed by atoms with Crippen molar-refractivity contribution in [2.75, 3.05) is 13.2 Å². The number of benzene rings is 2. The number of pyridine rings is 1. The van der Waals surface area contributed by atoms with E-state index in [-0.39, 0.29) is 18.6 Å². The Morgan fingerprint density at radius 1 is 1.00 bits per heavy atom. The molecule has 142 valence electrons. The van der Waals surface area contributed by atoms with Gasteiger partial charge in [0, 0.05) is 25.4 Å². The maximum atomic E-state index is 12.9. The Morgan fingerprint density at radius 3 is 2.57 bits per heavy atom. The first-order valence-electron chi connectivity index (χ1n) is 9.75. The van der Waals surface area contributed by atoms with E-state index in [0.717, 1.165) is 42.7 Å². The van der Waals surface area contributed by atoms with Crippen LogP contribution in [0.15, 0.2) is 79.1 Å². The van der Waals surface area contributed by atoms with Gasteiger partial charge in [-0.2, -0.15) is 0 Å². The second kappa shape index (κ2) is 8.70. The van der Waals surface area contributed by atoms with Crippen LogP contribution >= 0.6 is 0 Å². The number of aromatic nitrogens is 1. The summed E-state index contributed by atoms with van der Waals surface area (Å²) in [7, 11) is 0. The van der Waals surface area contributed by atoms with Crippen LogP contribution in [-0.4, -0.2) is 28.9 Å². The molecule has 2 aromatic carbocycles. The second-order valence-electron chi connectivity index (χ2n) is 7.08. The molecule has 4 nitrogen and oxygen atoms in total. The molecule has 1 amide bonds. The van der Waals surface area contributed by atoms with Crippen LogP contribution in [-0.2, 0) is 11.2 Å². The molecule has 1 atom stereocenters. The van der Waals surface area contributed by atoms with Crippen LogP contribution in [0.1, 0.15) is 35.6 Å². The standard InChI is InChI=1S/C24H24N2O2/c27-24(26-16-6-10-22(26)20-12-14-25-15-13-20)18-28-23-11-5-4-9-21(23)17-19-7-2-1-3-8-19/h1-5,7-9,11-15,22H,6,10,16-18H2. The summed E-state index contributed by atoms with van der Waals surface area (Å²) in [5.41, 5.74) is 3.46. The van der Waals surface area contributed by atoms with Crippen molar-refractivity contribution >= 4 is 5.91 Å². The van der Waals surface area contributed by atoms with E-state index in [1.54, 1.807) is 12.4 Å². The van der Waals surface area contributed by atoms with Crippen LogP contribution in [0.2, 0.25) is 0 Å². The van der Waals surface area contributed by atoms with Gasteiger partial charge in [0.2, 0.25) is 0 Å². The normalized spacial score (nSPS) is 16.1. The maximum absolute atomic E-state index is 12.9. The lowest BCUT2D eigenvalue weighted by molar-refractivity contribution is -0.134. The highest BCUT2D eigenvalue weighted by Crippen LogP contribution is 2.31. The van der Waals surface area contributed by atoms with Crippen molar-refractivity contribution in [2.45, 2.75) is 25.3 Å². The summed E-state index contributed by atoms with van der Waals surface area (Å²) in [5.74, 6) is 0.813. The Kier molecular flexibility index (Phi) is 5.66. The fourth-order valence-electron chi connectivity index (χ4n) is 3.83. The van der Waals surface area contributed by atoms with Gasteiger partial charge in [-0.1, -0.05) is 48.5 Å². The van der Waals surface area contributed by atoms with Crippen molar-refractivity contribution < 1.29 is 9.53 Å². The van der Waals surface area contributed by atoms with Gasteiger partial charge in [0.05, 0.1) is 6.04 Å². The lowest BCUT2D eigenvalue weighted by Gasteiger charge is -2.25. The van der Waals surface area contributed by atoms with Crippen molar-refractivity contribution in [2.24, 2.45) is 0 Å². The third-order valence-corrected chi connectivity index (χ3v) is 5.23. The quantitative estimate of drug-likeness (QED) is 0.643. The van der Waals surface area contributed by atoms with Gasteiger partial charge in [-0.15, -0.1) is 0 Å². The summed E-state index contributed by atoms with van der Waals surface area (Å²) in [6.07, 6.45) is 6.36. The number of ether oxygens (including phenoxy) is 1. The van der Waals surface area contributed by atoms with E-state index in [9.17, 15) is 4.79 Å². The summed E-state index contributed by atoms with van der Waals surface area (Å²) in [6.45, 7) is 0.841. The fraction of sp³-hybridized carbons (Fsp3) is 0.250. The van der Waals surface area contributed by atoms with Gasteiger partial charge in [-0.05, 0) is 47.7 Å². The molecule has 1 unspecified atom stereocenters. The number of para-hydroxylation sites is 1. The molecule has 2 heterocycles. The average molecular weight is 372 g/mol. The molecule has 0 saturated carbocycles. The monoisotopic (exact) mass is 372 g/mol. The summed E-state index contributed by atoms with van der Waals surface area (Å²) < 4.78 is 5.96. The summed E-state index contributed by atoms with van der Waals surface area (Å²) in [5, 5.41) is 0. The zero-order valence-electron chi connectivity index (χ0n) is 15.8.